The van der Waals surface area contributed by atoms with Crippen molar-refractivity contribution in [2.24, 2.45) is 0 Å². The Morgan fingerprint density at radius 3 is 2.90 bits per heavy atom. The maximum Gasteiger partial charge on any atom is 0.254 e. The van der Waals surface area contributed by atoms with Gasteiger partial charge in [-0.1, -0.05) is 30.3 Å². The van der Waals surface area contributed by atoms with Crippen LogP contribution in [0.15, 0.2) is 47.2 Å². The predicted molar refractivity (Wildman–Crippen MR) is 80.1 cm³/mol. The Balaban J connectivity index is 1.63. The molecule has 1 atom stereocenters. The zero-order valence-corrected chi connectivity index (χ0v) is 12.0. The van der Waals surface area contributed by atoms with E-state index in [0.29, 0.717) is 19.7 Å². The molecule has 1 aliphatic rings. The van der Waals surface area contributed by atoms with E-state index >= 15 is 0 Å². The van der Waals surface area contributed by atoms with Gasteiger partial charge in [-0.3, -0.25) is 4.79 Å². The zero-order chi connectivity index (χ0) is 13.8. The van der Waals surface area contributed by atoms with E-state index in [4.69, 9.17) is 4.74 Å². The molecular formula is C16H17NO2S. The summed E-state index contributed by atoms with van der Waals surface area (Å²) in [7, 11) is 0. The van der Waals surface area contributed by atoms with Gasteiger partial charge in [0.1, 0.15) is 0 Å². The molecule has 0 radical (unpaired) electrons. The molecule has 1 fully saturated rings. The molecule has 1 aliphatic heterocycles. The van der Waals surface area contributed by atoms with Gasteiger partial charge in [0.25, 0.3) is 5.91 Å². The molecule has 104 valence electrons. The molecule has 1 aromatic heterocycles. The highest BCUT2D eigenvalue weighted by atomic mass is 32.1. The van der Waals surface area contributed by atoms with Crippen LogP contribution in [0.25, 0.3) is 0 Å². The summed E-state index contributed by atoms with van der Waals surface area (Å²) >= 11 is 1.56. The smallest absolute Gasteiger partial charge is 0.254 e. The average molecular weight is 287 g/mol. The van der Waals surface area contributed by atoms with Gasteiger partial charge in [0.15, 0.2) is 0 Å². The third-order valence-corrected chi connectivity index (χ3v) is 4.18. The van der Waals surface area contributed by atoms with Gasteiger partial charge in [-0.15, -0.1) is 0 Å². The lowest BCUT2D eigenvalue weighted by Gasteiger charge is -2.33. The Bertz CT molecular complexity index is 553. The summed E-state index contributed by atoms with van der Waals surface area (Å²) in [6.07, 6.45) is 0.947. The number of amides is 1. The van der Waals surface area contributed by atoms with Crippen LogP contribution in [0.5, 0.6) is 0 Å². The lowest BCUT2D eigenvalue weighted by molar-refractivity contribution is -0.0208. The van der Waals surface area contributed by atoms with Crippen molar-refractivity contribution in [3.8, 4) is 0 Å². The van der Waals surface area contributed by atoms with Crippen molar-refractivity contribution in [2.75, 3.05) is 19.7 Å². The Labute approximate surface area is 122 Å². The van der Waals surface area contributed by atoms with Gasteiger partial charge in [0.2, 0.25) is 0 Å². The number of morpholine rings is 1. The van der Waals surface area contributed by atoms with Gasteiger partial charge >= 0.3 is 0 Å². The summed E-state index contributed by atoms with van der Waals surface area (Å²) in [6.45, 7) is 1.97. The van der Waals surface area contributed by atoms with Crippen molar-refractivity contribution in [1.29, 1.82) is 0 Å². The standard InChI is InChI=1S/C16H17NO2S/c18-16(14-6-9-20-12-14)17-7-8-19-15(11-17)10-13-4-2-1-3-5-13/h1-6,9,12,15H,7-8,10-11H2. The minimum Gasteiger partial charge on any atom is -0.374 e. The largest absolute Gasteiger partial charge is 0.374 e. The number of ether oxygens (including phenoxy) is 1. The second-order valence-electron chi connectivity index (χ2n) is 4.95. The molecule has 2 aromatic rings. The second kappa shape index (κ2) is 6.20. The van der Waals surface area contributed by atoms with Crippen LogP contribution in [0, 0.1) is 0 Å². The van der Waals surface area contributed by atoms with E-state index in [1.54, 1.807) is 11.3 Å². The maximum absolute atomic E-state index is 12.3. The normalized spacial score (nSPS) is 19.0. The number of hydrogen-bond donors (Lipinski definition) is 0. The minimum atomic E-state index is 0.0914. The Morgan fingerprint density at radius 1 is 1.30 bits per heavy atom. The second-order valence-corrected chi connectivity index (χ2v) is 5.73. The van der Waals surface area contributed by atoms with Gasteiger partial charge in [0.05, 0.1) is 18.3 Å². The summed E-state index contributed by atoms with van der Waals surface area (Å²) in [5, 5.41) is 3.85. The first-order chi connectivity index (χ1) is 9.83. The zero-order valence-electron chi connectivity index (χ0n) is 11.2. The highest BCUT2D eigenvalue weighted by molar-refractivity contribution is 7.08. The quantitative estimate of drug-likeness (QED) is 0.869. The average Bonchev–Trinajstić information content (AvgIpc) is 3.02. The third kappa shape index (κ3) is 3.08. The van der Waals surface area contributed by atoms with Gasteiger partial charge in [-0.05, 0) is 17.0 Å². The van der Waals surface area contributed by atoms with Crippen LogP contribution >= 0.6 is 11.3 Å². The Kier molecular flexibility index (Phi) is 4.14. The number of rotatable bonds is 3. The summed E-state index contributed by atoms with van der Waals surface area (Å²) < 4.78 is 5.79. The van der Waals surface area contributed by atoms with Crippen LogP contribution in [-0.4, -0.2) is 36.6 Å². The fourth-order valence-electron chi connectivity index (χ4n) is 2.47. The first-order valence-electron chi connectivity index (χ1n) is 6.80. The van der Waals surface area contributed by atoms with Crippen LogP contribution in [0.1, 0.15) is 15.9 Å². The molecule has 3 nitrogen and oxygen atoms in total. The summed E-state index contributed by atoms with van der Waals surface area (Å²) in [6, 6.07) is 12.2. The summed E-state index contributed by atoms with van der Waals surface area (Å²) in [4.78, 5) is 14.2. The fourth-order valence-corrected chi connectivity index (χ4v) is 3.10. The van der Waals surface area contributed by atoms with E-state index in [1.165, 1.54) is 5.56 Å². The molecule has 1 saturated heterocycles. The molecule has 0 bridgehead atoms. The molecule has 20 heavy (non-hydrogen) atoms. The highest BCUT2D eigenvalue weighted by Crippen LogP contribution is 2.15. The first-order valence-corrected chi connectivity index (χ1v) is 7.74. The van der Waals surface area contributed by atoms with Gasteiger partial charge in [-0.25, -0.2) is 0 Å². The van der Waals surface area contributed by atoms with E-state index < -0.39 is 0 Å². The summed E-state index contributed by atoms with van der Waals surface area (Å²) in [5.41, 5.74) is 2.04. The van der Waals surface area contributed by atoms with E-state index in [9.17, 15) is 4.79 Å². The summed E-state index contributed by atoms with van der Waals surface area (Å²) in [5.74, 6) is 0.118. The monoisotopic (exact) mass is 287 g/mol. The first kappa shape index (κ1) is 13.3. The van der Waals surface area contributed by atoms with Crippen molar-refractivity contribution >= 4 is 17.2 Å². The van der Waals surface area contributed by atoms with Gasteiger partial charge in [0, 0.05) is 24.9 Å². The number of thiophene rings is 1. The molecule has 3 rings (SSSR count). The van der Waals surface area contributed by atoms with E-state index in [2.05, 4.69) is 12.1 Å². The van der Waals surface area contributed by atoms with E-state index in [-0.39, 0.29) is 12.0 Å². The lowest BCUT2D eigenvalue weighted by Crippen LogP contribution is -2.46. The molecular weight excluding hydrogens is 270 g/mol. The fraction of sp³-hybridized carbons (Fsp3) is 0.312. The van der Waals surface area contributed by atoms with Crippen molar-refractivity contribution in [3.63, 3.8) is 0 Å². The van der Waals surface area contributed by atoms with Gasteiger partial charge < -0.3 is 9.64 Å². The van der Waals surface area contributed by atoms with Crippen LogP contribution in [0.2, 0.25) is 0 Å². The lowest BCUT2D eigenvalue weighted by atomic mass is 10.1. The number of carbonyl (C=O) groups is 1. The van der Waals surface area contributed by atoms with Crippen LogP contribution in [0.3, 0.4) is 0 Å². The molecule has 0 N–H and O–H groups in total. The molecule has 0 saturated carbocycles. The van der Waals surface area contributed by atoms with Crippen LogP contribution in [0.4, 0.5) is 0 Å². The SMILES string of the molecule is O=C(c1ccsc1)N1CCOC(Cc2ccccc2)C1. The third-order valence-electron chi connectivity index (χ3n) is 3.50. The maximum atomic E-state index is 12.3. The van der Waals surface area contributed by atoms with E-state index in [1.807, 2.05) is 39.9 Å². The molecule has 1 amide bonds. The number of nitrogens with zero attached hydrogens (tertiary/aromatic N) is 1. The van der Waals surface area contributed by atoms with Crippen molar-refractivity contribution in [2.45, 2.75) is 12.5 Å². The van der Waals surface area contributed by atoms with E-state index in [0.717, 1.165) is 12.0 Å². The number of carbonyl (C=O) groups excluding carboxylic acids is 1. The number of benzene rings is 1. The predicted octanol–water partition coefficient (Wildman–Crippen LogP) is 2.83. The topological polar surface area (TPSA) is 29.5 Å². The van der Waals surface area contributed by atoms with Gasteiger partial charge in [-0.2, -0.15) is 11.3 Å². The number of hydrogen-bond acceptors (Lipinski definition) is 3. The van der Waals surface area contributed by atoms with Crippen molar-refractivity contribution in [1.82, 2.24) is 4.90 Å². The van der Waals surface area contributed by atoms with Crippen LogP contribution < -0.4 is 0 Å². The van der Waals surface area contributed by atoms with Crippen LogP contribution in [-0.2, 0) is 11.2 Å². The molecule has 2 heterocycles. The molecule has 0 aliphatic carbocycles. The Hall–Kier alpha value is -1.65. The minimum absolute atomic E-state index is 0.0914. The highest BCUT2D eigenvalue weighted by Gasteiger charge is 2.25. The van der Waals surface area contributed by atoms with Crippen molar-refractivity contribution < 1.29 is 9.53 Å². The molecule has 1 aromatic carbocycles. The molecule has 1 unspecified atom stereocenters. The molecule has 0 spiro atoms. The van der Waals surface area contributed by atoms with Crippen molar-refractivity contribution in [3.05, 3.63) is 58.3 Å². The molecule has 4 heteroatoms. The Morgan fingerprint density at radius 2 is 2.15 bits per heavy atom.